The molecular formula is C32H41FN4O5. The molecule has 2 amide bonds. The Morgan fingerprint density at radius 2 is 1.86 bits per heavy atom. The number of imide groups is 1. The van der Waals surface area contributed by atoms with Gasteiger partial charge in [0.05, 0.1) is 24.3 Å². The van der Waals surface area contributed by atoms with Crippen molar-refractivity contribution in [3.05, 3.63) is 64.5 Å². The number of anilines is 1. The van der Waals surface area contributed by atoms with Gasteiger partial charge in [0.2, 0.25) is 0 Å². The highest BCUT2D eigenvalue weighted by molar-refractivity contribution is 6.24. The molecule has 3 aliphatic heterocycles. The summed E-state index contributed by atoms with van der Waals surface area (Å²) in [5.74, 6) is -1.50. The number of esters is 1. The van der Waals surface area contributed by atoms with Crippen LogP contribution in [0.2, 0.25) is 0 Å². The molecule has 2 saturated heterocycles. The van der Waals surface area contributed by atoms with Gasteiger partial charge in [-0.15, -0.1) is 0 Å². The molecule has 0 saturated carbocycles. The van der Waals surface area contributed by atoms with E-state index in [0.717, 1.165) is 45.0 Å². The Kier molecular flexibility index (Phi) is 8.96. The zero-order chi connectivity index (χ0) is 30.0. The number of ether oxygens (including phenoxy) is 2. The predicted molar refractivity (Wildman–Crippen MR) is 157 cm³/mol. The number of carbonyl (C=O) groups excluding carboxylic acids is 3. The fraction of sp³-hybridized carbons (Fsp3) is 0.531. The van der Waals surface area contributed by atoms with Crippen LogP contribution in [0.3, 0.4) is 0 Å². The van der Waals surface area contributed by atoms with E-state index in [0.29, 0.717) is 35.8 Å². The van der Waals surface area contributed by atoms with Gasteiger partial charge in [0.1, 0.15) is 11.4 Å². The van der Waals surface area contributed by atoms with Crippen LogP contribution in [0.4, 0.5) is 10.1 Å². The molecule has 2 aromatic rings. The first kappa shape index (κ1) is 30.1. The monoisotopic (exact) mass is 580 g/mol. The second kappa shape index (κ2) is 12.5. The van der Waals surface area contributed by atoms with Crippen LogP contribution in [0.15, 0.2) is 36.4 Å². The molecule has 1 N–H and O–H groups in total. The Balaban J connectivity index is 1.16. The minimum absolute atomic E-state index is 0.0957. The molecule has 3 aliphatic rings. The number of fused-ring (bicyclic) bond motifs is 1. The van der Waals surface area contributed by atoms with Crippen molar-refractivity contribution < 1.29 is 28.2 Å². The van der Waals surface area contributed by atoms with Gasteiger partial charge in [0, 0.05) is 69.0 Å². The molecule has 0 radical (unpaired) electrons. The van der Waals surface area contributed by atoms with Gasteiger partial charge in [0.25, 0.3) is 11.8 Å². The second-order valence-electron chi connectivity index (χ2n) is 12.5. The first-order valence-corrected chi connectivity index (χ1v) is 14.8. The van der Waals surface area contributed by atoms with Crippen LogP contribution >= 0.6 is 0 Å². The maximum Gasteiger partial charge on any atom is 0.306 e. The fourth-order valence-corrected chi connectivity index (χ4v) is 5.83. The van der Waals surface area contributed by atoms with Crippen molar-refractivity contribution in [1.29, 1.82) is 0 Å². The Morgan fingerprint density at radius 1 is 1.12 bits per heavy atom. The van der Waals surface area contributed by atoms with Gasteiger partial charge in [-0.2, -0.15) is 0 Å². The highest BCUT2D eigenvalue weighted by Gasteiger charge is 2.40. The predicted octanol–water partition coefficient (Wildman–Crippen LogP) is 4.06. The first-order chi connectivity index (χ1) is 20.0. The maximum atomic E-state index is 15.1. The van der Waals surface area contributed by atoms with Crippen molar-refractivity contribution >= 4 is 23.5 Å². The Hall–Kier alpha value is -3.34. The van der Waals surface area contributed by atoms with Crippen LogP contribution in [0.1, 0.15) is 72.4 Å². The summed E-state index contributed by atoms with van der Waals surface area (Å²) >= 11 is 0. The summed E-state index contributed by atoms with van der Waals surface area (Å²) in [5.41, 5.74) is 1.86. The Bertz CT molecular complexity index is 1330. The van der Waals surface area contributed by atoms with Gasteiger partial charge >= 0.3 is 5.97 Å². The zero-order valence-corrected chi connectivity index (χ0v) is 25.0. The first-order valence-electron chi connectivity index (χ1n) is 14.8. The zero-order valence-electron chi connectivity index (χ0n) is 25.0. The summed E-state index contributed by atoms with van der Waals surface area (Å²) in [6.07, 6.45) is 0.393. The third-order valence-electron chi connectivity index (χ3n) is 8.07. The summed E-state index contributed by atoms with van der Waals surface area (Å²) in [7, 11) is 0. The minimum atomic E-state index is -0.600. The highest BCUT2D eigenvalue weighted by atomic mass is 19.1. The van der Waals surface area contributed by atoms with E-state index in [2.05, 4.69) is 15.1 Å². The number of hydrogen-bond acceptors (Lipinski definition) is 8. The standard InChI is InChI=1S/C32H41FN4O5/c1-21(8-11-28(38)42-32(2,3)4)37-30(39)25-6-5-7-27(29(25)31(37)40)34-17-23-10-9-22(16-26(23)33)18-35-19-24(20-35)36-12-14-41-15-13-36/h5-7,9-10,16,21,24,34H,8,11-15,17-20H2,1-4H3. The molecule has 3 heterocycles. The number of benzene rings is 2. The molecule has 0 spiro atoms. The molecule has 10 heteroatoms. The number of nitrogens with one attached hydrogen (secondary N) is 1. The average molecular weight is 581 g/mol. The molecular weight excluding hydrogens is 539 g/mol. The summed E-state index contributed by atoms with van der Waals surface area (Å²) in [6, 6.07) is 10.4. The number of nitrogens with zero attached hydrogens (tertiary/aromatic N) is 3. The molecule has 42 heavy (non-hydrogen) atoms. The Morgan fingerprint density at radius 3 is 2.55 bits per heavy atom. The number of rotatable bonds is 10. The number of carbonyl (C=O) groups is 3. The van der Waals surface area contributed by atoms with Gasteiger partial charge in [-0.3, -0.25) is 29.1 Å². The maximum absolute atomic E-state index is 15.1. The van der Waals surface area contributed by atoms with Crippen molar-refractivity contribution in [2.45, 2.75) is 71.3 Å². The number of halogens is 1. The molecule has 5 rings (SSSR count). The quantitative estimate of drug-likeness (QED) is 0.333. The van der Waals surface area contributed by atoms with Crippen molar-refractivity contribution in [2.75, 3.05) is 44.7 Å². The summed E-state index contributed by atoms with van der Waals surface area (Å²) in [4.78, 5) is 44.7. The number of morpholine rings is 1. The summed E-state index contributed by atoms with van der Waals surface area (Å²) in [6.45, 7) is 13.5. The lowest BCUT2D eigenvalue weighted by molar-refractivity contribution is -0.155. The van der Waals surface area contributed by atoms with Crippen LogP contribution in [-0.4, -0.2) is 89.6 Å². The van der Waals surface area contributed by atoms with Crippen LogP contribution in [0.25, 0.3) is 0 Å². The van der Waals surface area contributed by atoms with Crippen LogP contribution in [-0.2, 0) is 27.4 Å². The van der Waals surface area contributed by atoms with Gasteiger partial charge in [-0.1, -0.05) is 18.2 Å². The number of amides is 2. The lowest BCUT2D eigenvalue weighted by atomic mass is 10.0. The fourth-order valence-electron chi connectivity index (χ4n) is 5.83. The normalized spacial score (nSPS) is 19.0. The molecule has 2 aromatic carbocycles. The van der Waals surface area contributed by atoms with Gasteiger partial charge in [-0.25, -0.2) is 4.39 Å². The average Bonchev–Trinajstić information content (AvgIpc) is 3.18. The second-order valence-corrected chi connectivity index (χ2v) is 12.5. The molecule has 0 aliphatic carbocycles. The van der Waals surface area contributed by atoms with E-state index in [4.69, 9.17) is 9.47 Å². The molecule has 0 aromatic heterocycles. The molecule has 2 fully saturated rings. The highest BCUT2D eigenvalue weighted by Crippen LogP contribution is 2.32. The van der Waals surface area contributed by atoms with E-state index in [1.165, 1.54) is 4.90 Å². The third-order valence-corrected chi connectivity index (χ3v) is 8.07. The van der Waals surface area contributed by atoms with Gasteiger partial charge < -0.3 is 14.8 Å². The minimum Gasteiger partial charge on any atom is -0.460 e. The van der Waals surface area contributed by atoms with Gasteiger partial charge in [0.15, 0.2) is 0 Å². The van der Waals surface area contributed by atoms with Crippen LogP contribution in [0, 0.1) is 5.82 Å². The van der Waals surface area contributed by atoms with Crippen molar-refractivity contribution in [3.63, 3.8) is 0 Å². The van der Waals surface area contributed by atoms with E-state index >= 15 is 4.39 Å². The van der Waals surface area contributed by atoms with E-state index in [-0.39, 0.29) is 30.3 Å². The third kappa shape index (κ3) is 6.82. The van der Waals surface area contributed by atoms with Gasteiger partial charge in [-0.05, 0) is 57.9 Å². The van der Waals surface area contributed by atoms with E-state index in [1.807, 2.05) is 6.07 Å². The van der Waals surface area contributed by atoms with Crippen molar-refractivity contribution in [3.8, 4) is 0 Å². The molecule has 0 bridgehead atoms. The van der Waals surface area contributed by atoms with Crippen molar-refractivity contribution in [2.24, 2.45) is 0 Å². The van der Waals surface area contributed by atoms with E-state index < -0.39 is 23.5 Å². The summed E-state index contributed by atoms with van der Waals surface area (Å²) < 4.78 is 25.9. The number of likely N-dealkylation sites (tertiary alicyclic amines) is 1. The molecule has 1 unspecified atom stereocenters. The lowest BCUT2D eigenvalue weighted by Crippen LogP contribution is -2.60. The topological polar surface area (TPSA) is 91.4 Å². The van der Waals surface area contributed by atoms with Crippen LogP contribution < -0.4 is 5.32 Å². The Labute approximate surface area is 246 Å². The molecule has 226 valence electrons. The molecule has 1 atom stereocenters. The van der Waals surface area contributed by atoms with Crippen molar-refractivity contribution in [1.82, 2.24) is 14.7 Å². The summed E-state index contributed by atoms with van der Waals surface area (Å²) in [5, 5.41) is 3.17. The van der Waals surface area contributed by atoms with E-state index in [9.17, 15) is 14.4 Å². The SMILES string of the molecule is CC(CCC(=O)OC(C)(C)C)N1C(=O)c2cccc(NCc3ccc(CN4CC(N5CCOCC5)C4)cc3F)c2C1=O. The smallest absolute Gasteiger partial charge is 0.306 e. The molecule has 9 nitrogen and oxygen atoms in total. The lowest BCUT2D eigenvalue weighted by Gasteiger charge is -2.46. The van der Waals surface area contributed by atoms with Crippen LogP contribution in [0.5, 0.6) is 0 Å². The number of hydrogen-bond donors (Lipinski definition) is 1. The largest absolute Gasteiger partial charge is 0.460 e. The van der Waals surface area contributed by atoms with E-state index in [1.54, 1.807) is 58.0 Å².